The standard InChI is InChI=1S/C16H19NO2/c1-15(2)11-8-9-16(15,13(18)10-11)14(19)17-12-6-4-3-5-7-12/h3-7,11H,8-10H2,1-2H3,(H,17,19)/t11-,16+/m0/s1. The Morgan fingerprint density at radius 3 is 2.47 bits per heavy atom. The van der Waals surface area contributed by atoms with E-state index in [4.69, 9.17) is 0 Å². The summed E-state index contributed by atoms with van der Waals surface area (Å²) in [6.07, 6.45) is 2.25. The van der Waals surface area contributed by atoms with Crippen LogP contribution in [0.15, 0.2) is 30.3 Å². The van der Waals surface area contributed by atoms with Crippen molar-refractivity contribution < 1.29 is 9.59 Å². The molecule has 19 heavy (non-hydrogen) atoms. The fraction of sp³-hybridized carbons (Fsp3) is 0.500. The minimum absolute atomic E-state index is 0.117. The smallest absolute Gasteiger partial charge is 0.238 e. The molecule has 0 unspecified atom stereocenters. The first-order chi connectivity index (χ1) is 8.98. The number of ketones is 1. The molecule has 0 spiro atoms. The van der Waals surface area contributed by atoms with Crippen molar-refractivity contribution in [2.45, 2.75) is 33.1 Å². The van der Waals surface area contributed by atoms with Crippen molar-refractivity contribution >= 4 is 17.4 Å². The Kier molecular flexibility index (Phi) is 2.56. The number of hydrogen-bond donors (Lipinski definition) is 1. The molecular weight excluding hydrogens is 238 g/mol. The second-order valence-electron chi connectivity index (χ2n) is 6.31. The molecule has 0 heterocycles. The molecule has 2 aliphatic rings. The molecule has 0 aromatic heterocycles. The third-order valence-electron chi connectivity index (χ3n) is 5.32. The predicted octanol–water partition coefficient (Wildman–Crippen LogP) is 3.02. The van der Waals surface area contributed by atoms with Crippen molar-refractivity contribution in [1.29, 1.82) is 0 Å². The first-order valence-electron chi connectivity index (χ1n) is 6.88. The van der Waals surface area contributed by atoms with Crippen molar-refractivity contribution in [1.82, 2.24) is 0 Å². The van der Waals surface area contributed by atoms with E-state index < -0.39 is 5.41 Å². The van der Waals surface area contributed by atoms with Crippen molar-refractivity contribution in [2.24, 2.45) is 16.7 Å². The Morgan fingerprint density at radius 2 is 1.95 bits per heavy atom. The molecule has 3 heteroatoms. The number of amides is 1. The molecule has 3 nitrogen and oxygen atoms in total. The molecule has 0 radical (unpaired) electrons. The SMILES string of the molecule is CC1(C)[C@H]2CC[C@]1(C(=O)Nc1ccccc1)C(=O)C2. The zero-order valence-electron chi connectivity index (χ0n) is 11.4. The Labute approximate surface area is 113 Å². The summed E-state index contributed by atoms with van der Waals surface area (Å²) in [4.78, 5) is 25.0. The van der Waals surface area contributed by atoms with Crippen molar-refractivity contribution in [3.8, 4) is 0 Å². The molecule has 100 valence electrons. The number of anilines is 1. The normalized spacial score (nSPS) is 31.5. The van der Waals surface area contributed by atoms with E-state index in [1.165, 1.54) is 0 Å². The van der Waals surface area contributed by atoms with Crippen LogP contribution in [0.3, 0.4) is 0 Å². The van der Waals surface area contributed by atoms with Gasteiger partial charge in [-0.1, -0.05) is 32.0 Å². The van der Waals surface area contributed by atoms with E-state index in [1.807, 2.05) is 30.3 Å². The minimum atomic E-state index is -0.812. The second kappa shape index (κ2) is 3.92. The Bertz CT molecular complexity index is 535. The highest BCUT2D eigenvalue weighted by Gasteiger charge is 2.68. The van der Waals surface area contributed by atoms with Crippen LogP contribution in [0.2, 0.25) is 0 Å². The maximum atomic E-state index is 12.7. The number of para-hydroxylation sites is 1. The van der Waals surface area contributed by atoms with Gasteiger partial charge in [0.05, 0.1) is 0 Å². The number of carbonyl (C=O) groups is 2. The second-order valence-corrected chi connectivity index (χ2v) is 6.31. The molecule has 1 aromatic carbocycles. The monoisotopic (exact) mass is 257 g/mol. The highest BCUT2D eigenvalue weighted by atomic mass is 16.2. The molecule has 2 saturated carbocycles. The van der Waals surface area contributed by atoms with Crippen LogP contribution in [0.4, 0.5) is 5.69 Å². The van der Waals surface area contributed by atoms with Gasteiger partial charge < -0.3 is 5.32 Å². The van der Waals surface area contributed by atoms with Gasteiger partial charge in [0.1, 0.15) is 11.2 Å². The van der Waals surface area contributed by atoms with E-state index in [-0.39, 0.29) is 17.1 Å². The predicted molar refractivity (Wildman–Crippen MR) is 73.6 cm³/mol. The van der Waals surface area contributed by atoms with Crippen LogP contribution in [0.1, 0.15) is 33.1 Å². The van der Waals surface area contributed by atoms with E-state index in [0.29, 0.717) is 18.8 Å². The first kappa shape index (κ1) is 12.4. The van der Waals surface area contributed by atoms with E-state index >= 15 is 0 Å². The number of nitrogens with one attached hydrogen (secondary N) is 1. The topological polar surface area (TPSA) is 46.2 Å². The van der Waals surface area contributed by atoms with Crippen LogP contribution in [0, 0.1) is 16.7 Å². The van der Waals surface area contributed by atoms with Gasteiger partial charge in [0.15, 0.2) is 0 Å². The van der Waals surface area contributed by atoms with Gasteiger partial charge in [-0.25, -0.2) is 0 Å². The molecule has 2 aliphatic carbocycles. The summed E-state index contributed by atoms with van der Waals surface area (Å²) >= 11 is 0. The minimum Gasteiger partial charge on any atom is -0.325 e. The molecule has 1 aromatic rings. The highest BCUT2D eigenvalue weighted by molar-refractivity contribution is 6.14. The summed E-state index contributed by atoms with van der Waals surface area (Å²) in [6, 6.07) is 9.38. The lowest BCUT2D eigenvalue weighted by Crippen LogP contribution is -2.46. The maximum absolute atomic E-state index is 12.7. The largest absolute Gasteiger partial charge is 0.325 e. The summed E-state index contributed by atoms with van der Waals surface area (Å²) in [6.45, 7) is 4.14. The average molecular weight is 257 g/mol. The first-order valence-corrected chi connectivity index (χ1v) is 6.88. The van der Waals surface area contributed by atoms with Crippen LogP contribution in [0.25, 0.3) is 0 Å². The third kappa shape index (κ3) is 1.50. The van der Waals surface area contributed by atoms with Crippen LogP contribution in [-0.4, -0.2) is 11.7 Å². The molecule has 1 N–H and O–H groups in total. The molecule has 2 fully saturated rings. The van der Waals surface area contributed by atoms with Gasteiger partial charge in [0.2, 0.25) is 5.91 Å². The van der Waals surface area contributed by atoms with Gasteiger partial charge in [-0.05, 0) is 36.3 Å². The Hall–Kier alpha value is -1.64. The number of rotatable bonds is 2. The summed E-state index contributed by atoms with van der Waals surface area (Å²) in [5.41, 5.74) is -0.267. The number of hydrogen-bond acceptors (Lipinski definition) is 2. The molecule has 0 saturated heterocycles. The number of carbonyl (C=O) groups excluding carboxylic acids is 2. The van der Waals surface area contributed by atoms with Crippen LogP contribution in [-0.2, 0) is 9.59 Å². The zero-order valence-corrected chi connectivity index (χ0v) is 11.4. The van der Waals surface area contributed by atoms with Gasteiger partial charge in [0, 0.05) is 12.1 Å². The van der Waals surface area contributed by atoms with Crippen LogP contribution < -0.4 is 5.32 Å². The lowest BCUT2D eigenvalue weighted by molar-refractivity contribution is -0.141. The fourth-order valence-electron chi connectivity index (χ4n) is 3.97. The summed E-state index contributed by atoms with van der Waals surface area (Å²) in [7, 11) is 0. The summed E-state index contributed by atoms with van der Waals surface area (Å²) < 4.78 is 0. The molecule has 0 aliphatic heterocycles. The van der Waals surface area contributed by atoms with Gasteiger partial charge >= 0.3 is 0 Å². The van der Waals surface area contributed by atoms with E-state index in [1.54, 1.807) is 0 Å². The van der Waals surface area contributed by atoms with Gasteiger partial charge in [-0.15, -0.1) is 0 Å². The van der Waals surface area contributed by atoms with E-state index in [2.05, 4.69) is 19.2 Å². The quantitative estimate of drug-likeness (QED) is 0.828. The number of benzene rings is 1. The van der Waals surface area contributed by atoms with Crippen LogP contribution in [0.5, 0.6) is 0 Å². The third-order valence-corrected chi connectivity index (χ3v) is 5.32. The van der Waals surface area contributed by atoms with Gasteiger partial charge in [-0.3, -0.25) is 9.59 Å². The highest BCUT2D eigenvalue weighted by Crippen LogP contribution is 2.64. The van der Waals surface area contributed by atoms with E-state index in [0.717, 1.165) is 12.1 Å². The maximum Gasteiger partial charge on any atom is 0.238 e. The molecule has 2 atom stereocenters. The summed E-state index contributed by atoms with van der Waals surface area (Å²) in [5.74, 6) is 0.373. The number of fused-ring (bicyclic) bond motifs is 2. The van der Waals surface area contributed by atoms with Crippen LogP contribution >= 0.6 is 0 Å². The summed E-state index contributed by atoms with van der Waals surface area (Å²) in [5, 5.41) is 2.93. The zero-order chi connectivity index (χ0) is 13.7. The van der Waals surface area contributed by atoms with Crippen molar-refractivity contribution in [3.63, 3.8) is 0 Å². The number of Topliss-reactive ketones (excluding diaryl/α,β-unsaturated/α-hetero) is 1. The molecule has 3 rings (SSSR count). The molecule has 1 amide bonds. The van der Waals surface area contributed by atoms with E-state index in [9.17, 15) is 9.59 Å². The van der Waals surface area contributed by atoms with Gasteiger partial charge in [-0.2, -0.15) is 0 Å². The van der Waals surface area contributed by atoms with Gasteiger partial charge in [0.25, 0.3) is 0 Å². The molecular formula is C16H19NO2. The molecule has 2 bridgehead atoms. The fourth-order valence-corrected chi connectivity index (χ4v) is 3.97. The average Bonchev–Trinajstić information content (AvgIpc) is 2.74. The lowest BCUT2D eigenvalue weighted by Gasteiger charge is -2.34. The lowest BCUT2D eigenvalue weighted by atomic mass is 9.68. The Morgan fingerprint density at radius 1 is 1.26 bits per heavy atom. The Balaban J connectivity index is 1.92. The van der Waals surface area contributed by atoms with Crippen molar-refractivity contribution in [3.05, 3.63) is 30.3 Å². The van der Waals surface area contributed by atoms with Crippen molar-refractivity contribution in [2.75, 3.05) is 5.32 Å².